The quantitative estimate of drug-likeness (QED) is 0.740. The van der Waals surface area contributed by atoms with E-state index in [9.17, 15) is 0 Å². The van der Waals surface area contributed by atoms with Gasteiger partial charge in [-0.05, 0) is 36.2 Å². The van der Waals surface area contributed by atoms with Gasteiger partial charge in [0, 0.05) is 12.2 Å². The van der Waals surface area contributed by atoms with Crippen molar-refractivity contribution in [1.82, 2.24) is 10.2 Å². The molecule has 0 spiro atoms. The van der Waals surface area contributed by atoms with Crippen molar-refractivity contribution in [2.75, 3.05) is 0 Å². The van der Waals surface area contributed by atoms with Crippen LogP contribution in [0.5, 0.6) is 0 Å². The van der Waals surface area contributed by atoms with Crippen molar-refractivity contribution in [3.8, 4) is 0 Å². The summed E-state index contributed by atoms with van der Waals surface area (Å²) < 4.78 is 0. The molecule has 3 N–H and O–H groups in total. The Morgan fingerprint density at radius 2 is 2.20 bits per heavy atom. The second-order valence-electron chi connectivity index (χ2n) is 5.64. The fraction of sp³-hybridized carbons (Fsp3) is 0.750. The van der Waals surface area contributed by atoms with Gasteiger partial charge in [0.1, 0.15) is 0 Å². The third-order valence-corrected chi connectivity index (χ3v) is 3.65. The molecule has 1 atom stereocenters. The zero-order valence-corrected chi connectivity index (χ0v) is 9.93. The molecule has 1 aromatic heterocycles. The van der Waals surface area contributed by atoms with Crippen molar-refractivity contribution in [3.63, 3.8) is 0 Å². The van der Waals surface area contributed by atoms with Gasteiger partial charge in [-0.2, -0.15) is 5.10 Å². The summed E-state index contributed by atoms with van der Waals surface area (Å²) in [5, 5.41) is 7.40. The molecule has 0 aromatic carbocycles. The van der Waals surface area contributed by atoms with Crippen LogP contribution in [0.3, 0.4) is 0 Å². The van der Waals surface area contributed by atoms with Crippen LogP contribution in [0.25, 0.3) is 0 Å². The molecule has 1 aliphatic carbocycles. The van der Waals surface area contributed by atoms with Crippen LogP contribution in [0.4, 0.5) is 0 Å². The molecule has 0 fully saturated rings. The number of fused-ring (bicyclic) bond motifs is 1. The van der Waals surface area contributed by atoms with E-state index < -0.39 is 0 Å². The minimum atomic E-state index is 0.390. The van der Waals surface area contributed by atoms with Gasteiger partial charge in [-0.3, -0.25) is 5.10 Å². The van der Waals surface area contributed by atoms with E-state index in [0.29, 0.717) is 12.0 Å². The summed E-state index contributed by atoms with van der Waals surface area (Å²) in [6.07, 6.45) is 3.54. The Kier molecular flexibility index (Phi) is 2.59. The maximum Gasteiger partial charge on any atom is 0.0792 e. The van der Waals surface area contributed by atoms with Crippen LogP contribution in [0.2, 0.25) is 0 Å². The fourth-order valence-electron chi connectivity index (χ4n) is 2.47. The number of aromatic nitrogens is 2. The Balaban J connectivity index is 2.25. The molecule has 2 rings (SSSR count). The van der Waals surface area contributed by atoms with Crippen molar-refractivity contribution >= 4 is 0 Å². The molecule has 3 heteroatoms. The van der Waals surface area contributed by atoms with E-state index in [1.807, 2.05) is 0 Å². The van der Waals surface area contributed by atoms with E-state index in [1.165, 1.54) is 17.7 Å². The minimum Gasteiger partial charge on any atom is -0.325 e. The summed E-state index contributed by atoms with van der Waals surface area (Å²) in [4.78, 5) is 0. The number of hydrogen-bond donors (Lipinski definition) is 2. The standard InChI is InChI=1S/C12H21N3/c1-12(2,3)8-4-5-10-9(6-8)11(7-13)15-14-10/h8H,4-7,13H2,1-3H3,(H,14,15)/t8-/m0/s1. The molecule has 0 unspecified atom stereocenters. The Bertz CT molecular complexity index is 333. The van der Waals surface area contributed by atoms with Crippen molar-refractivity contribution < 1.29 is 0 Å². The lowest BCUT2D eigenvalue weighted by Gasteiger charge is -2.33. The minimum absolute atomic E-state index is 0.390. The third-order valence-electron chi connectivity index (χ3n) is 3.65. The molecule has 0 saturated heterocycles. The highest BCUT2D eigenvalue weighted by Crippen LogP contribution is 2.37. The van der Waals surface area contributed by atoms with Crippen LogP contribution in [-0.4, -0.2) is 10.2 Å². The fourth-order valence-corrected chi connectivity index (χ4v) is 2.47. The molecule has 1 aliphatic rings. The molecular weight excluding hydrogens is 186 g/mol. The molecule has 0 aliphatic heterocycles. The number of rotatable bonds is 1. The predicted molar refractivity (Wildman–Crippen MR) is 61.4 cm³/mol. The molecular formula is C12H21N3. The predicted octanol–water partition coefficient (Wildman–Crippen LogP) is 2.02. The average Bonchev–Trinajstić information content (AvgIpc) is 2.57. The number of nitrogens with one attached hydrogen (secondary N) is 1. The van der Waals surface area contributed by atoms with Crippen LogP contribution in [0.1, 0.15) is 44.1 Å². The lowest BCUT2D eigenvalue weighted by Crippen LogP contribution is -2.27. The first-order valence-electron chi connectivity index (χ1n) is 5.77. The summed E-state index contributed by atoms with van der Waals surface area (Å²) in [6.45, 7) is 7.53. The Labute approximate surface area is 91.4 Å². The Morgan fingerprint density at radius 1 is 1.47 bits per heavy atom. The monoisotopic (exact) mass is 207 g/mol. The first-order valence-corrected chi connectivity index (χ1v) is 5.77. The van der Waals surface area contributed by atoms with E-state index in [1.54, 1.807) is 0 Å². The first-order chi connectivity index (χ1) is 7.02. The normalized spacial score (nSPS) is 21.5. The summed E-state index contributed by atoms with van der Waals surface area (Å²) in [5.74, 6) is 0.757. The maximum absolute atomic E-state index is 5.69. The van der Waals surface area contributed by atoms with Crippen molar-refractivity contribution in [3.05, 3.63) is 17.0 Å². The molecule has 84 valence electrons. The first kappa shape index (κ1) is 10.7. The summed E-state index contributed by atoms with van der Waals surface area (Å²) in [7, 11) is 0. The van der Waals surface area contributed by atoms with Gasteiger partial charge in [0.05, 0.1) is 5.69 Å². The van der Waals surface area contributed by atoms with Gasteiger partial charge in [-0.25, -0.2) is 0 Å². The topological polar surface area (TPSA) is 54.7 Å². The SMILES string of the molecule is CC(C)(C)[C@H]1CCc2[nH]nc(CN)c2C1. The van der Waals surface area contributed by atoms with Crippen molar-refractivity contribution in [2.24, 2.45) is 17.1 Å². The highest BCUT2D eigenvalue weighted by Gasteiger charge is 2.30. The van der Waals surface area contributed by atoms with E-state index in [4.69, 9.17) is 5.73 Å². The zero-order chi connectivity index (χ0) is 11.1. The molecule has 3 nitrogen and oxygen atoms in total. The number of aromatic amines is 1. The highest BCUT2D eigenvalue weighted by molar-refractivity contribution is 5.28. The highest BCUT2D eigenvalue weighted by atomic mass is 15.1. The number of nitrogens with two attached hydrogens (primary N) is 1. The summed E-state index contributed by atoms with van der Waals surface area (Å²) >= 11 is 0. The number of hydrogen-bond acceptors (Lipinski definition) is 2. The Hall–Kier alpha value is -0.830. The maximum atomic E-state index is 5.69. The molecule has 1 aromatic rings. The van der Waals surface area contributed by atoms with Crippen molar-refractivity contribution in [2.45, 2.75) is 46.6 Å². The number of nitrogens with zero attached hydrogens (tertiary/aromatic N) is 1. The van der Waals surface area contributed by atoms with Crippen LogP contribution < -0.4 is 5.73 Å². The van der Waals surface area contributed by atoms with Crippen LogP contribution >= 0.6 is 0 Å². The summed E-state index contributed by atoms with van der Waals surface area (Å²) in [6, 6.07) is 0. The lowest BCUT2D eigenvalue weighted by molar-refractivity contribution is 0.215. The van der Waals surface area contributed by atoms with E-state index in [0.717, 1.165) is 24.5 Å². The van der Waals surface area contributed by atoms with E-state index in [2.05, 4.69) is 31.0 Å². The van der Waals surface area contributed by atoms with Gasteiger partial charge >= 0.3 is 0 Å². The lowest BCUT2D eigenvalue weighted by atomic mass is 9.71. The third kappa shape index (κ3) is 1.93. The zero-order valence-electron chi connectivity index (χ0n) is 9.93. The smallest absolute Gasteiger partial charge is 0.0792 e. The van der Waals surface area contributed by atoms with Gasteiger partial charge in [0.15, 0.2) is 0 Å². The number of aryl methyl sites for hydroxylation is 1. The summed E-state index contributed by atoms with van der Waals surface area (Å²) in [5.41, 5.74) is 9.86. The Morgan fingerprint density at radius 3 is 2.80 bits per heavy atom. The van der Waals surface area contributed by atoms with E-state index in [-0.39, 0.29) is 0 Å². The second kappa shape index (κ2) is 3.63. The molecule has 1 heterocycles. The van der Waals surface area contributed by atoms with Crippen molar-refractivity contribution in [1.29, 1.82) is 0 Å². The van der Waals surface area contributed by atoms with Gasteiger partial charge in [-0.15, -0.1) is 0 Å². The van der Waals surface area contributed by atoms with Gasteiger partial charge < -0.3 is 5.73 Å². The van der Waals surface area contributed by atoms with Crippen LogP contribution in [-0.2, 0) is 19.4 Å². The second-order valence-corrected chi connectivity index (χ2v) is 5.64. The number of H-pyrrole nitrogens is 1. The molecule has 15 heavy (non-hydrogen) atoms. The van der Waals surface area contributed by atoms with Crippen LogP contribution in [0, 0.1) is 11.3 Å². The van der Waals surface area contributed by atoms with Gasteiger partial charge in [-0.1, -0.05) is 20.8 Å². The van der Waals surface area contributed by atoms with Gasteiger partial charge in [0.25, 0.3) is 0 Å². The molecule has 0 amide bonds. The van der Waals surface area contributed by atoms with Gasteiger partial charge in [0.2, 0.25) is 0 Å². The molecule has 0 radical (unpaired) electrons. The van der Waals surface area contributed by atoms with Crippen LogP contribution in [0.15, 0.2) is 0 Å². The molecule has 0 bridgehead atoms. The van der Waals surface area contributed by atoms with E-state index >= 15 is 0 Å². The molecule has 0 saturated carbocycles. The average molecular weight is 207 g/mol. The largest absolute Gasteiger partial charge is 0.325 e.